The maximum Gasteiger partial charge on any atom is 0.311 e. The van der Waals surface area contributed by atoms with Crippen LogP contribution in [0.5, 0.6) is 11.5 Å². The minimum atomic E-state index is -0.568. The summed E-state index contributed by atoms with van der Waals surface area (Å²) < 4.78 is 18.7. The van der Waals surface area contributed by atoms with Crippen LogP contribution in [0.25, 0.3) is 0 Å². The predicted octanol–water partition coefficient (Wildman–Crippen LogP) is 4.42. The van der Waals surface area contributed by atoms with Gasteiger partial charge in [0, 0.05) is 11.4 Å². The monoisotopic (exact) mass is 325 g/mol. The van der Waals surface area contributed by atoms with Gasteiger partial charge >= 0.3 is 5.69 Å². The van der Waals surface area contributed by atoms with Crippen molar-refractivity contribution in [2.75, 3.05) is 0 Å². The van der Waals surface area contributed by atoms with Crippen molar-refractivity contribution in [2.45, 2.75) is 5.33 Å². The number of alkyl halides is 1. The summed E-state index contributed by atoms with van der Waals surface area (Å²) in [7, 11) is 0. The van der Waals surface area contributed by atoms with E-state index in [0.29, 0.717) is 5.33 Å². The van der Waals surface area contributed by atoms with Gasteiger partial charge in [-0.25, -0.2) is 4.39 Å². The molecule has 0 aliphatic heterocycles. The molecular formula is C13H9BrFNO3. The van der Waals surface area contributed by atoms with E-state index in [1.807, 2.05) is 0 Å². The summed E-state index contributed by atoms with van der Waals surface area (Å²) in [6, 6.07) is 10.3. The molecule has 2 aromatic rings. The molecule has 0 radical (unpaired) electrons. The number of benzene rings is 2. The fourth-order valence-corrected chi connectivity index (χ4v) is 1.87. The van der Waals surface area contributed by atoms with Crippen LogP contribution in [-0.2, 0) is 5.33 Å². The molecule has 2 rings (SSSR count). The fourth-order valence-electron chi connectivity index (χ4n) is 1.52. The summed E-state index contributed by atoms with van der Waals surface area (Å²) in [6.45, 7) is 0. The number of rotatable bonds is 4. The summed E-state index contributed by atoms with van der Waals surface area (Å²) in [4.78, 5) is 10.4. The van der Waals surface area contributed by atoms with Crippen LogP contribution in [0.3, 0.4) is 0 Å². The first-order chi connectivity index (χ1) is 9.11. The van der Waals surface area contributed by atoms with Gasteiger partial charge in [0.2, 0.25) is 5.75 Å². The van der Waals surface area contributed by atoms with Gasteiger partial charge < -0.3 is 4.74 Å². The molecule has 0 heterocycles. The third-order valence-electron chi connectivity index (χ3n) is 2.43. The lowest BCUT2D eigenvalue weighted by Crippen LogP contribution is -1.95. The van der Waals surface area contributed by atoms with Crippen molar-refractivity contribution in [2.24, 2.45) is 0 Å². The first-order valence-electron chi connectivity index (χ1n) is 5.37. The van der Waals surface area contributed by atoms with E-state index in [1.165, 1.54) is 30.3 Å². The van der Waals surface area contributed by atoms with Crippen molar-refractivity contribution in [3.8, 4) is 11.5 Å². The number of hydrogen-bond acceptors (Lipinski definition) is 3. The van der Waals surface area contributed by atoms with Crippen molar-refractivity contribution < 1.29 is 14.1 Å². The van der Waals surface area contributed by atoms with E-state index in [2.05, 4.69) is 15.9 Å². The van der Waals surface area contributed by atoms with Crippen molar-refractivity contribution in [1.29, 1.82) is 0 Å². The molecule has 0 fully saturated rings. The van der Waals surface area contributed by atoms with Gasteiger partial charge in [0.05, 0.1) is 4.92 Å². The molecule has 6 heteroatoms. The van der Waals surface area contributed by atoms with Gasteiger partial charge in [0.15, 0.2) is 11.6 Å². The Morgan fingerprint density at radius 1 is 1.21 bits per heavy atom. The van der Waals surface area contributed by atoms with Gasteiger partial charge in [-0.3, -0.25) is 10.1 Å². The Kier molecular flexibility index (Phi) is 4.11. The molecule has 0 atom stereocenters. The van der Waals surface area contributed by atoms with Crippen LogP contribution < -0.4 is 4.74 Å². The van der Waals surface area contributed by atoms with Gasteiger partial charge in [-0.15, -0.1) is 0 Å². The molecule has 4 nitrogen and oxygen atoms in total. The fraction of sp³-hybridized carbons (Fsp3) is 0.0769. The highest BCUT2D eigenvalue weighted by molar-refractivity contribution is 9.08. The number of nitrogens with zero attached hydrogens (tertiary/aromatic N) is 1. The summed E-state index contributed by atoms with van der Waals surface area (Å²) in [5.41, 5.74) is 0.549. The van der Waals surface area contributed by atoms with E-state index < -0.39 is 10.7 Å². The Bertz CT molecular complexity index is 619. The molecule has 0 unspecified atom stereocenters. The second kappa shape index (κ2) is 5.79. The first kappa shape index (κ1) is 13.5. The molecule has 2 aromatic carbocycles. The van der Waals surface area contributed by atoms with Crippen molar-refractivity contribution >= 4 is 21.6 Å². The molecule has 0 saturated heterocycles. The third kappa shape index (κ3) is 3.08. The third-order valence-corrected chi connectivity index (χ3v) is 3.08. The van der Waals surface area contributed by atoms with Gasteiger partial charge in [-0.05, 0) is 23.8 Å². The lowest BCUT2D eigenvalue weighted by atomic mass is 10.2. The van der Waals surface area contributed by atoms with Crippen LogP contribution in [0.1, 0.15) is 5.56 Å². The molecular weight excluding hydrogens is 317 g/mol. The lowest BCUT2D eigenvalue weighted by molar-refractivity contribution is -0.385. The van der Waals surface area contributed by atoms with E-state index in [-0.39, 0.29) is 17.2 Å². The number of ether oxygens (including phenoxy) is 1. The molecule has 0 amide bonds. The zero-order valence-electron chi connectivity index (χ0n) is 9.68. The Hall–Kier alpha value is -1.95. The summed E-state index contributed by atoms with van der Waals surface area (Å²) in [5, 5.41) is 11.5. The highest BCUT2D eigenvalue weighted by Gasteiger charge is 2.17. The zero-order chi connectivity index (χ0) is 13.8. The van der Waals surface area contributed by atoms with E-state index in [9.17, 15) is 14.5 Å². The quantitative estimate of drug-likeness (QED) is 0.475. The number of nitro groups is 1. The number of hydrogen-bond donors (Lipinski definition) is 0. The van der Waals surface area contributed by atoms with E-state index >= 15 is 0 Å². The standard InChI is InChI=1S/C13H9BrFNO3/c14-8-9-5-6-13(11(7-9)16(17)18)19-12-4-2-1-3-10(12)15/h1-7H,8H2. The topological polar surface area (TPSA) is 52.4 Å². The molecule has 0 aliphatic rings. The normalized spacial score (nSPS) is 10.2. The molecule has 19 heavy (non-hydrogen) atoms. The van der Waals surface area contributed by atoms with Crippen LogP contribution >= 0.6 is 15.9 Å². The van der Waals surface area contributed by atoms with Crippen LogP contribution in [0.15, 0.2) is 42.5 Å². The largest absolute Gasteiger partial charge is 0.447 e. The van der Waals surface area contributed by atoms with Gasteiger partial charge in [-0.1, -0.05) is 34.1 Å². The maximum absolute atomic E-state index is 13.5. The molecule has 0 aromatic heterocycles. The Morgan fingerprint density at radius 3 is 2.58 bits per heavy atom. The molecule has 0 N–H and O–H groups in total. The van der Waals surface area contributed by atoms with Gasteiger partial charge in [0.1, 0.15) is 0 Å². The Labute approximate surface area is 117 Å². The smallest absolute Gasteiger partial charge is 0.311 e. The minimum absolute atomic E-state index is 0.0137. The summed E-state index contributed by atoms with van der Waals surface area (Å²) >= 11 is 3.22. The first-order valence-corrected chi connectivity index (χ1v) is 6.49. The lowest BCUT2D eigenvalue weighted by Gasteiger charge is -2.07. The predicted molar refractivity (Wildman–Crippen MR) is 72.2 cm³/mol. The molecule has 0 spiro atoms. The highest BCUT2D eigenvalue weighted by Crippen LogP contribution is 2.33. The van der Waals surface area contributed by atoms with Crippen LogP contribution in [0.2, 0.25) is 0 Å². The van der Waals surface area contributed by atoms with Crippen molar-refractivity contribution in [1.82, 2.24) is 0 Å². The zero-order valence-corrected chi connectivity index (χ0v) is 11.3. The second-order valence-corrected chi connectivity index (χ2v) is 4.29. The van der Waals surface area contributed by atoms with Crippen molar-refractivity contribution in [3.63, 3.8) is 0 Å². The Morgan fingerprint density at radius 2 is 1.95 bits per heavy atom. The van der Waals surface area contributed by atoms with Crippen LogP contribution in [0, 0.1) is 15.9 Å². The van der Waals surface area contributed by atoms with E-state index in [0.717, 1.165) is 5.56 Å². The van der Waals surface area contributed by atoms with Crippen molar-refractivity contribution in [3.05, 3.63) is 64.0 Å². The van der Waals surface area contributed by atoms with Gasteiger partial charge in [-0.2, -0.15) is 0 Å². The summed E-state index contributed by atoms with van der Waals surface area (Å²) in [6.07, 6.45) is 0. The van der Waals surface area contributed by atoms with E-state index in [4.69, 9.17) is 4.74 Å². The molecule has 98 valence electrons. The highest BCUT2D eigenvalue weighted by atomic mass is 79.9. The van der Waals surface area contributed by atoms with Gasteiger partial charge in [0.25, 0.3) is 0 Å². The average Bonchev–Trinajstić information content (AvgIpc) is 2.41. The molecule has 0 saturated carbocycles. The summed E-state index contributed by atoms with van der Waals surface area (Å²) in [5.74, 6) is -0.599. The second-order valence-electron chi connectivity index (χ2n) is 3.73. The number of halogens is 2. The SMILES string of the molecule is O=[N+]([O-])c1cc(CBr)ccc1Oc1ccccc1F. The minimum Gasteiger partial charge on any atom is -0.447 e. The number of nitro benzene ring substituents is 1. The van der Waals surface area contributed by atoms with Crippen LogP contribution in [0.4, 0.5) is 10.1 Å². The van der Waals surface area contributed by atoms with E-state index in [1.54, 1.807) is 12.1 Å². The molecule has 0 bridgehead atoms. The maximum atomic E-state index is 13.5. The molecule has 0 aliphatic carbocycles. The van der Waals surface area contributed by atoms with Crippen LogP contribution in [-0.4, -0.2) is 4.92 Å². The Balaban J connectivity index is 2.40. The average molecular weight is 326 g/mol. The number of para-hydroxylation sites is 1.